The summed E-state index contributed by atoms with van der Waals surface area (Å²) in [5, 5.41) is 3.08. The number of nitrogens with zero attached hydrogens (tertiary/aromatic N) is 1. The van der Waals surface area contributed by atoms with Gasteiger partial charge in [0.1, 0.15) is 0 Å². The molecule has 5 nitrogen and oxygen atoms in total. The highest BCUT2D eigenvalue weighted by Gasteiger charge is 2.37. The first-order valence-corrected chi connectivity index (χ1v) is 8.33. The van der Waals surface area contributed by atoms with Crippen molar-refractivity contribution in [3.63, 3.8) is 0 Å². The van der Waals surface area contributed by atoms with Crippen molar-refractivity contribution in [2.24, 2.45) is 11.7 Å². The zero-order valence-corrected chi connectivity index (χ0v) is 14.3. The molecule has 0 spiro atoms. The molecule has 1 heterocycles. The zero-order valence-electron chi connectivity index (χ0n) is 14.3. The van der Waals surface area contributed by atoms with E-state index in [1.54, 1.807) is 4.90 Å². The number of rotatable bonds is 6. The van der Waals surface area contributed by atoms with E-state index in [4.69, 9.17) is 5.73 Å². The van der Waals surface area contributed by atoms with E-state index < -0.39 is 0 Å². The van der Waals surface area contributed by atoms with Gasteiger partial charge in [0.2, 0.25) is 11.8 Å². The Morgan fingerprint density at radius 3 is 2.43 bits per heavy atom. The predicted molar refractivity (Wildman–Crippen MR) is 92.1 cm³/mol. The van der Waals surface area contributed by atoms with E-state index in [9.17, 15) is 9.59 Å². The monoisotopic (exact) mass is 317 g/mol. The van der Waals surface area contributed by atoms with E-state index in [1.807, 2.05) is 45.0 Å². The van der Waals surface area contributed by atoms with Gasteiger partial charge in [-0.25, -0.2) is 0 Å². The summed E-state index contributed by atoms with van der Waals surface area (Å²) >= 11 is 0. The molecule has 1 saturated heterocycles. The SMILES string of the molecule is CCC(CC)(CN)NC(=O)C1CC(=O)N(c2ccc(C)cc2)C1. The molecule has 1 aliphatic heterocycles. The molecule has 1 atom stereocenters. The maximum atomic E-state index is 12.6. The van der Waals surface area contributed by atoms with Gasteiger partial charge in [0.05, 0.1) is 11.5 Å². The molecule has 5 heteroatoms. The summed E-state index contributed by atoms with van der Waals surface area (Å²) in [5.41, 5.74) is 7.48. The second-order valence-corrected chi connectivity index (χ2v) is 6.42. The summed E-state index contributed by atoms with van der Waals surface area (Å²) in [6.07, 6.45) is 1.83. The van der Waals surface area contributed by atoms with Crippen molar-refractivity contribution in [1.82, 2.24) is 5.32 Å². The molecule has 0 aliphatic carbocycles. The van der Waals surface area contributed by atoms with Crippen LogP contribution in [0, 0.1) is 12.8 Å². The van der Waals surface area contributed by atoms with Crippen molar-refractivity contribution in [3.05, 3.63) is 29.8 Å². The van der Waals surface area contributed by atoms with Crippen LogP contribution in [0.25, 0.3) is 0 Å². The molecule has 1 unspecified atom stereocenters. The quantitative estimate of drug-likeness (QED) is 0.842. The van der Waals surface area contributed by atoms with Gasteiger partial charge in [-0.1, -0.05) is 31.5 Å². The number of amides is 2. The lowest BCUT2D eigenvalue weighted by molar-refractivity contribution is -0.128. The minimum atomic E-state index is -0.364. The Labute approximate surface area is 138 Å². The van der Waals surface area contributed by atoms with Gasteiger partial charge >= 0.3 is 0 Å². The molecule has 0 saturated carbocycles. The number of nitrogens with two attached hydrogens (primary N) is 1. The smallest absolute Gasteiger partial charge is 0.227 e. The van der Waals surface area contributed by atoms with Crippen molar-refractivity contribution < 1.29 is 9.59 Å². The Morgan fingerprint density at radius 2 is 1.91 bits per heavy atom. The van der Waals surface area contributed by atoms with Crippen LogP contribution in [-0.4, -0.2) is 30.4 Å². The maximum absolute atomic E-state index is 12.6. The van der Waals surface area contributed by atoms with Crippen molar-refractivity contribution in [3.8, 4) is 0 Å². The summed E-state index contributed by atoms with van der Waals surface area (Å²) in [6.45, 7) is 6.90. The molecule has 1 aromatic rings. The molecule has 1 aromatic carbocycles. The minimum absolute atomic E-state index is 0.000323. The Bertz CT molecular complexity index is 556. The second-order valence-electron chi connectivity index (χ2n) is 6.42. The molecular weight excluding hydrogens is 290 g/mol. The fourth-order valence-electron chi connectivity index (χ4n) is 2.99. The first-order valence-electron chi connectivity index (χ1n) is 8.33. The maximum Gasteiger partial charge on any atom is 0.227 e. The van der Waals surface area contributed by atoms with Crippen molar-refractivity contribution in [1.29, 1.82) is 0 Å². The van der Waals surface area contributed by atoms with Crippen molar-refractivity contribution >= 4 is 17.5 Å². The van der Waals surface area contributed by atoms with E-state index >= 15 is 0 Å². The number of carbonyl (C=O) groups excluding carboxylic acids is 2. The summed E-state index contributed by atoms with van der Waals surface area (Å²) in [4.78, 5) is 26.5. The van der Waals surface area contributed by atoms with Crippen LogP contribution in [0.5, 0.6) is 0 Å². The number of aryl methyl sites for hydroxylation is 1. The molecule has 1 fully saturated rings. The van der Waals surface area contributed by atoms with Gasteiger partial charge in [-0.05, 0) is 31.9 Å². The molecule has 0 radical (unpaired) electrons. The standard InChI is InChI=1S/C18H27N3O2/c1-4-18(5-2,12-19)20-17(23)14-10-16(22)21(11-14)15-8-6-13(3)7-9-15/h6-9,14H,4-5,10-12,19H2,1-3H3,(H,20,23). The fourth-order valence-corrected chi connectivity index (χ4v) is 2.99. The molecule has 0 aromatic heterocycles. The van der Waals surface area contributed by atoms with Crippen LogP contribution in [0.15, 0.2) is 24.3 Å². The normalized spacial score (nSPS) is 18.3. The number of anilines is 1. The summed E-state index contributed by atoms with van der Waals surface area (Å²) in [7, 11) is 0. The first kappa shape index (κ1) is 17.5. The Hall–Kier alpha value is -1.88. The van der Waals surface area contributed by atoms with Crippen LogP contribution in [0.2, 0.25) is 0 Å². The lowest BCUT2D eigenvalue weighted by atomic mass is 9.91. The van der Waals surface area contributed by atoms with E-state index in [1.165, 1.54) is 0 Å². The number of hydrogen-bond acceptors (Lipinski definition) is 3. The highest BCUT2D eigenvalue weighted by molar-refractivity contribution is 6.00. The van der Waals surface area contributed by atoms with Gasteiger partial charge in [-0.15, -0.1) is 0 Å². The Morgan fingerprint density at radius 1 is 1.30 bits per heavy atom. The Balaban J connectivity index is 2.07. The number of nitrogens with one attached hydrogen (secondary N) is 1. The lowest BCUT2D eigenvalue weighted by Crippen LogP contribution is -2.54. The van der Waals surface area contributed by atoms with Gasteiger partial charge in [0.25, 0.3) is 0 Å². The highest BCUT2D eigenvalue weighted by atomic mass is 16.2. The molecule has 2 rings (SSSR count). The summed E-state index contributed by atoms with van der Waals surface area (Å²) in [6, 6.07) is 7.80. The zero-order chi connectivity index (χ0) is 17.0. The topological polar surface area (TPSA) is 75.4 Å². The minimum Gasteiger partial charge on any atom is -0.349 e. The van der Waals surface area contributed by atoms with Crippen LogP contribution in [0.3, 0.4) is 0 Å². The molecule has 3 N–H and O–H groups in total. The van der Waals surface area contributed by atoms with Gasteiger partial charge in [-0.2, -0.15) is 0 Å². The largest absolute Gasteiger partial charge is 0.349 e. The third kappa shape index (κ3) is 3.72. The van der Waals surface area contributed by atoms with E-state index in [-0.39, 0.29) is 29.7 Å². The highest BCUT2D eigenvalue weighted by Crippen LogP contribution is 2.26. The summed E-state index contributed by atoms with van der Waals surface area (Å²) in [5.74, 6) is -0.379. The number of hydrogen-bond donors (Lipinski definition) is 2. The number of benzene rings is 1. The van der Waals surface area contributed by atoms with Crippen LogP contribution < -0.4 is 16.0 Å². The first-order chi connectivity index (χ1) is 10.9. The van der Waals surface area contributed by atoms with Crippen molar-refractivity contribution in [2.45, 2.75) is 45.6 Å². The number of carbonyl (C=O) groups is 2. The average Bonchev–Trinajstić information content (AvgIpc) is 2.95. The third-order valence-corrected chi connectivity index (χ3v) is 4.97. The van der Waals surface area contributed by atoms with Crippen molar-refractivity contribution in [2.75, 3.05) is 18.0 Å². The van der Waals surface area contributed by atoms with E-state index in [0.29, 0.717) is 13.1 Å². The van der Waals surface area contributed by atoms with Crippen LogP contribution in [0.4, 0.5) is 5.69 Å². The van der Waals surface area contributed by atoms with Crippen LogP contribution in [-0.2, 0) is 9.59 Å². The Kier molecular flexibility index (Phi) is 5.42. The summed E-state index contributed by atoms with van der Waals surface area (Å²) < 4.78 is 0. The fraction of sp³-hybridized carbons (Fsp3) is 0.556. The molecule has 126 valence electrons. The molecule has 1 aliphatic rings. The third-order valence-electron chi connectivity index (χ3n) is 4.97. The van der Waals surface area contributed by atoms with Crippen LogP contribution in [0.1, 0.15) is 38.7 Å². The lowest BCUT2D eigenvalue weighted by Gasteiger charge is -2.32. The predicted octanol–water partition coefficient (Wildman–Crippen LogP) is 1.98. The molecule has 0 bridgehead atoms. The van der Waals surface area contributed by atoms with Gasteiger partial charge in [0, 0.05) is 25.2 Å². The van der Waals surface area contributed by atoms with Gasteiger partial charge in [-0.3, -0.25) is 9.59 Å². The van der Waals surface area contributed by atoms with E-state index in [0.717, 1.165) is 24.1 Å². The second kappa shape index (κ2) is 7.13. The van der Waals surface area contributed by atoms with Gasteiger partial charge < -0.3 is 16.0 Å². The van der Waals surface area contributed by atoms with Crippen LogP contribution >= 0.6 is 0 Å². The molecular formula is C18H27N3O2. The van der Waals surface area contributed by atoms with E-state index in [2.05, 4.69) is 5.32 Å². The van der Waals surface area contributed by atoms with Gasteiger partial charge in [0.15, 0.2) is 0 Å². The molecule has 2 amide bonds. The average molecular weight is 317 g/mol. The molecule has 23 heavy (non-hydrogen) atoms.